The molecular formula is C69H103F3O16. The number of aryl methyl sites for hydroxylation is 1. The molecule has 6 unspecified atom stereocenters. The third-order valence-corrected chi connectivity index (χ3v) is 16.5. The van der Waals surface area contributed by atoms with Crippen molar-refractivity contribution in [2.45, 2.75) is 236 Å². The highest BCUT2D eigenvalue weighted by Crippen LogP contribution is 2.40. The van der Waals surface area contributed by atoms with E-state index >= 15 is 0 Å². The first-order chi connectivity index (χ1) is 41.9. The zero-order chi connectivity index (χ0) is 65.0. The van der Waals surface area contributed by atoms with Crippen LogP contribution in [0.15, 0.2) is 115 Å². The van der Waals surface area contributed by atoms with Crippen molar-refractivity contribution in [3.63, 3.8) is 0 Å². The molecule has 0 heterocycles. The minimum atomic E-state index is -4.49. The Bertz CT molecular complexity index is 2390. The number of alkyl halides is 3. The standard InChI is InChI=1S/C26H40O5.C23H29F3O6.C20H34O5/c1-19(2)31-26(30)13-9-4-3-8-12-22-23(25(29)18-24(22)28)17-16-21(27)15-14-20-10-6-5-7-11-20;24-23(25,26)15-6-5-7-17(12-15)32-14-16(27)10-11-19-18(20(28)13-21(19)29)8-3-1-2-4-9-22(30)31;1-2-3-6-9-15(21)12-13-17-16(18(22)14-19(17)23)10-7-4-5-8-11-20(24)25/h3,5-8,10-11,19,21-25,27-29H,4,9,12-18H2,1-2H3;1,3,5-7,10-12,16,18-21,27-29H,2,4,8-9,13-14H2,(H,30,31);4,7,12-13,15-19,21-23H,2-3,5-6,8-11,14H2,1H3,(H,24,25)/b8-3-;3-1-,11-10+;7-4-,13-12+/t21-,22?,23?,24-,25+;16-,18?,19?,20+,21-;15-,16?,17?,18-,19+/m010/s1. The van der Waals surface area contributed by atoms with Gasteiger partial charge >= 0.3 is 24.1 Å². The lowest BCUT2D eigenvalue weighted by molar-refractivity contribution is -0.147. The van der Waals surface area contributed by atoms with Crippen LogP contribution >= 0.6 is 0 Å². The van der Waals surface area contributed by atoms with Gasteiger partial charge in [0.15, 0.2) is 0 Å². The summed E-state index contributed by atoms with van der Waals surface area (Å²) in [6, 6.07) is 14.5. The number of aliphatic hydroxyl groups is 9. The average molecular weight is 1250 g/mol. The molecule has 11 N–H and O–H groups in total. The number of esters is 1. The summed E-state index contributed by atoms with van der Waals surface area (Å²) in [5, 5.41) is 109. The highest BCUT2D eigenvalue weighted by Gasteiger charge is 2.42. The number of rotatable bonds is 36. The molecule has 0 amide bonds. The van der Waals surface area contributed by atoms with E-state index < -0.39 is 84.5 Å². The van der Waals surface area contributed by atoms with Crippen molar-refractivity contribution in [1.82, 2.24) is 0 Å². The van der Waals surface area contributed by atoms with Crippen LogP contribution in [0, 0.1) is 35.5 Å². The minimum Gasteiger partial charge on any atom is -0.491 e. The van der Waals surface area contributed by atoms with Crippen molar-refractivity contribution in [1.29, 1.82) is 0 Å². The summed E-state index contributed by atoms with van der Waals surface area (Å²) in [5.41, 5.74) is 0.375. The lowest BCUT2D eigenvalue weighted by Gasteiger charge is -2.23. The largest absolute Gasteiger partial charge is 0.491 e. The number of allylic oxidation sites excluding steroid dienone is 6. The molecule has 3 saturated carbocycles. The zero-order valence-corrected chi connectivity index (χ0v) is 51.8. The van der Waals surface area contributed by atoms with Gasteiger partial charge in [0.2, 0.25) is 0 Å². The normalized spacial score (nSPS) is 25.8. The lowest BCUT2D eigenvalue weighted by Crippen LogP contribution is -2.23. The first kappa shape index (κ1) is 77.0. The summed E-state index contributed by atoms with van der Waals surface area (Å²) in [4.78, 5) is 32.5. The number of carbonyl (C=O) groups is 3. The third kappa shape index (κ3) is 31.5. The molecule has 0 aliphatic heterocycles. The Balaban J connectivity index is 0.000000348. The topological polar surface area (TPSA) is 292 Å². The zero-order valence-electron chi connectivity index (χ0n) is 51.8. The Hall–Kier alpha value is -5.22. The van der Waals surface area contributed by atoms with E-state index in [-0.39, 0.29) is 73.3 Å². The van der Waals surface area contributed by atoms with Gasteiger partial charge in [0.25, 0.3) is 0 Å². The van der Waals surface area contributed by atoms with E-state index in [2.05, 4.69) is 25.1 Å². The number of carboxylic acids is 2. The third-order valence-electron chi connectivity index (χ3n) is 16.5. The van der Waals surface area contributed by atoms with Crippen LogP contribution in [-0.2, 0) is 31.7 Å². The molecule has 0 spiro atoms. The number of carbonyl (C=O) groups excluding carboxylic acids is 1. The fourth-order valence-electron chi connectivity index (χ4n) is 11.6. The predicted molar refractivity (Wildman–Crippen MR) is 332 cm³/mol. The van der Waals surface area contributed by atoms with E-state index in [0.717, 1.165) is 57.1 Å². The average Bonchev–Trinajstić information content (AvgIpc) is 4.28. The highest BCUT2D eigenvalue weighted by molar-refractivity contribution is 5.69. The van der Waals surface area contributed by atoms with Crippen LogP contribution in [0.2, 0.25) is 0 Å². The van der Waals surface area contributed by atoms with Crippen LogP contribution < -0.4 is 4.74 Å². The summed E-state index contributed by atoms with van der Waals surface area (Å²) < 4.78 is 48.6. The maximum Gasteiger partial charge on any atom is 0.416 e. The van der Waals surface area contributed by atoms with Crippen molar-refractivity contribution in [2.75, 3.05) is 6.61 Å². The molecule has 88 heavy (non-hydrogen) atoms. The second-order valence-electron chi connectivity index (χ2n) is 24.0. The van der Waals surface area contributed by atoms with E-state index in [1.54, 1.807) is 12.2 Å². The van der Waals surface area contributed by atoms with E-state index in [1.807, 2.05) is 68.5 Å². The maximum absolute atomic E-state index is 12.8. The molecule has 0 radical (unpaired) electrons. The van der Waals surface area contributed by atoms with Gasteiger partial charge in [-0.15, -0.1) is 0 Å². The molecule has 3 fully saturated rings. The van der Waals surface area contributed by atoms with Gasteiger partial charge in [0, 0.05) is 43.9 Å². The van der Waals surface area contributed by atoms with E-state index in [1.165, 1.54) is 23.8 Å². The fourth-order valence-corrected chi connectivity index (χ4v) is 11.6. The quantitative estimate of drug-likeness (QED) is 0.0172. The van der Waals surface area contributed by atoms with E-state index in [4.69, 9.17) is 19.7 Å². The number of ether oxygens (including phenoxy) is 2. The Morgan fingerprint density at radius 3 is 1.60 bits per heavy atom. The van der Waals surface area contributed by atoms with Crippen molar-refractivity contribution < 1.29 is 93.2 Å². The Labute approximate surface area is 519 Å². The summed E-state index contributed by atoms with van der Waals surface area (Å²) in [7, 11) is 0. The fraction of sp³-hybridized carbons (Fsp3) is 0.638. The molecule has 2 aromatic carbocycles. The van der Waals surface area contributed by atoms with Crippen LogP contribution in [0.4, 0.5) is 13.2 Å². The van der Waals surface area contributed by atoms with Gasteiger partial charge in [-0.25, -0.2) is 0 Å². The van der Waals surface area contributed by atoms with Gasteiger partial charge in [-0.05, 0) is 158 Å². The first-order valence-electron chi connectivity index (χ1n) is 31.8. The molecule has 16 nitrogen and oxygen atoms in total. The molecule has 0 aromatic heterocycles. The van der Waals surface area contributed by atoms with Crippen LogP contribution in [-0.4, -0.2) is 142 Å². The number of carboxylic acid groups (broad SMARTS) is 2. The molecule has 0 saturated heterocycles. The molecule has 3 aliphatic rings. The van der Waals surface area contributed by atoms with Crippen molar-refractivity contribution >= 4 is 17.9 Å². The maximum atomic E-state index is 12.8. The summed E-state index contributed by atoms with van der Waals surface area (Å²) in [5.74, 6) is -2.70. The summed E-state index contributed by atoms with van der Waals surface area (Å²) >= 11 is 0. The van der Waals surface area contributed by atoms with Gasteiger partial charge in [-0.1, -0.05) is 123 Å². The van der Waals surface area contributed by atoms with Crippen LogP contribution in [0.5, 0.6) is 5.75 Å². The van der Waals surface area contributed by atoms with Gasteiger partial charge in [0.1, 0.15) is 18.5 Å². The van der Waals surface area contributed by atoms with Gasteiger partial charge in [-0.2, -0.15) is 13.2 Å². The molecule has 0 bridgehead atoms. The lowest BCUT2D eigenvalue weighted by atomic mass is 9.85. The SMILES string of the molecule is CC(C)OC(=O)CCC/C=C\CC1C(CC[C@@H](O)CCc2ccccc2)[C@H](O)C[C@@H]1O.CCCCC[C@H](O)/C=C/C1C(C/C=C\CCCC(=O)O)[C@@H](O)C[C@H]1O.O=C(O)CCC/C=C\CC1C(/C=C/[C@@H](O)COc2cccc(C(F)(F)F)c2)[C@H](O)C[C@@H]1O. The number of hydrogen-bond acceptors (Lipinski definition) is 14. The van der Waals surface area contributed by atoms with Crippen molar-refractivity contribution in [3.05, 3.63) is 126 Å². The van der Waals surface area contributed by atoms with Crippen molar-refractivity contribution in [3.8, 4) is 5.75 Å². The number of hydrogen-bond donors (Lipinski definition) is 11. The number of aliphatic hydroxyl groups excluding tert-OH is 9. The second-order valence-corrected chi connectivity index (χ2v) is 24.0. The Kier molecular flexibility index (Phi) is 37.4. The summed E-state index contributed by atoms with van der Waals surface area (Å²) in [6.07, 6.45) is 22.4. The van der Waals surface area contributed by atoms with Crippen LogP contribution in [0.3, 0.4) is 0 Å². The van der Waals surface area contributed by atoms with Crippen molar-refractivity contribution in [2.24, 2.45) is 35.5 Å². The molecule has 496 valence electrons. The van der Waals surface area contributed by atoms with Crippen LogP contribution in [0.1, 0.15) is 173 Å². The molecule has 2 aromatic rings. The molecule has 5 rings (SSSR count). The molecule has 19 heteroatoms. The second kappa shape index (κ2) is 42.7. The smallest absolute Gasteiger partial charge is 0.416 e. The van der Waals surface area contributed by atoms with Gasteiger partial charge in [-0.3, -0.25) is 14.4 Å². The number of halogens is 3. The molecular weight excluding hydrogens is 1140 g/mol. The number of unbranched alkanes of at least 4 members (excludes halogenated alkanes) is 5. The van der Waals surface area contributed by atoms with Crippen LogP contribution in [0.25, 0.3) is 0 Å². The number of aliphatic carboxylic acids is 2. The first-order valence-corrected chi connectivity index (χ1v) is 31.8. The minimum absolute atomic E-state index is 0.00652. The predicted octanol–water partition coefficient (Wildman–Crippen LogP) is 10.8. The highest BCUT2D eigenvalue weighted by atomic mass is 19.4. The number of benzene rings is 2. The molecule has 3 aliphatic carbocycles. The van der Waals surface area contributed by atoms with Gasteiger partial charge < -0.3 is 65.6 Å². The summed E-state index contributed by atoms with van der Waals surface area (Å²) in [6.45, 7) is 5.55. The Morgan fingerprint density at radius 2 is 1.08 bits per heavy atom. The van der Waals surface area contributed by atoms with E-state index in [9.17, 15) is 73.5 Å². The van der Waals surface area contributed by atoms with Gasteiger partial charge in [0.05, 0.1) is 60.5 Å². The Morgan fingerprint density at radius 1 is 0.580 bits per heavy atom. The molecule has 15 atom stereocenters. The monoisotopic (exact) mass is 1240 g/mol. The van der Waals surface area contributed by atoms with E-state index in [0.29, 0.717) is 83.5 Å².